The van der Waals surface area contributed by atoms with E-state index in [1.165, 1.54) is 4.70 Å². The van der Waals surface area contributed by atoms with Crippen LogP contribution in [0.25, 0.3) is 10.2 Å². The fourth-order valence-corrected chi connectivity index (χ4v) is 4.31. The second kappa shape index (κ2) is 8.09. The number of carbonyl (C=O) groups is 1. The molecule has 0 aliphatic heterocycles. The van der Waals surface area contributed by atoms with E-state index in [4.69, 9.17) is 4.74 Å². The lowest BCUT2D eigenvalue weighted by atomic mass is 10.1. The Bertz CT molecular complexity index is 882. The van der Waals surface area contributed by atoms with E-state index < -0.39 is 0 Å². The largest absolute Gasteiger partial charge is 0.497 e. The molecule has 0 atom stereocenters. The van der Waals surface area contributed by atoms with Crippen LogP contribution in [0.1, 0.15) is 36.3 Å². The number of aromatic nitrogens is 1. The molecule has 1 aliphatic rings. The molecule has 1 amide bonds. The Hall–Kier alpha value is -2.40. The first-order valence-corrected chi connectivity index (χ1v) is 10.3. The lowest BCUT2D eigenvalue weighted by molar-refractivity contribution is -0.132. The number of ether oxygens (including phenoxy) is 1. The smallest absolute Gasteiger partial charge is 0.223 e. The first-order valence-electron chi connectivity index (χ1n) is 9.50. The van der Waals surface area contributed by atoms with E-state index in [2.05, 4.69) is 16.0 Å². The molecule has 0 bridgehead atoms. The number of benzene rings is 2. The molecule has 3 aromatic rings. The molecule has 1 aliphatic carbocycles. The highest BCUT2D eigenvalue weighted by Gasteiger charge is 2.32. The summed E-state index contributed by atoms with van der Waals surface area (Å²) in [6.07, 6.45) is 4.55. The molecule has 0 unspecified atom stereocenters. The SMILES string of the molecule is COc1ccc(CN(C(=O)CCCc2nc3ccccc3s2)C2CC2)cc1. The van der Waals surface area contributed by atoms with Crippen LogP contribution < -0.4 is 4.74 Å². The number of aryl methyl sites for hydroxylation is 1. The fourth-order valence-electron chi connectivity index (χ4n) is 3.30. The number of carbonyl (C=O) groups excluding carboxylic acids is 1. The van der Waals surface area contributed by atoms with Gasteiger partial charge in [-0.3, -0.25) is 4.79 Å². The molecule has 4 rings (SSSR count). The second-order valence-electron chi connectivity index (χ2n) is 7.03. The normalized spacial score (nSPS) is 13.7. The maximum absolute atomic E-state index is 12.8. The summed E-state index contributed by atoms with van der Waals surface area (Å²) in [5.74, 6) is 1.10. The summed E-state index contributed by atoms with van der Waals surface area (Å²) in [6, 6.07) is 16.6. The number of para-hydroxylation sites is 1. The Morgan fingerprint density at radius 1 is 1.19 bits per heavy atom. The number of methoxy groups -OCH3 is 1. The van der Waals surface area contributed by atoms with E-state index in [9.17, 15) is 4.79 Å². The molecule has 0 spiro atoms. The van der Waals surface area contributed by atoms with Crippen LogP contribution in [0, 0.1) is 0 Å². The van der Waals surface area contributed by atoms with Crippen molar-refractivity contribution in [2.75, 3.05) is 7.11 Å². The molecule has 2 aromatic carbocycles. The van der Waals surface area contributed by atoms with Gasteiger partial charge in [-0.25, -0.2) is 4.98 Å². The van der Waals surface area contributed by atoms with Gasteiger partial charge in [0.1, 0.15) is 5.75 Å². The molecule has 0 N–H and O–H groups in total. The number of rotatable bonds is 8. The summed E-state index contributed by atoms with van der Waals surface area (Å²) in [5, 5.41) is 1.12. The topological polar surface area (TPSA) is 42.4 Å². The predicted octanol–water partition coefficient (Wildman–Crippen LogP) is 4.82. The number of hydrogen-bond acceptors (Lipinski definition) is 4. The van der Waals surface area contributed by atoms with Crippen LogP contribution in [0.15, 0.2) is 48.5 Å². The van der Waals surface area contributed by atoms with Gasteiger partial charge in [0.2, 0.25) is 5.91 Å². The number of fused-ring (bicyclic) bond motifs is 1. The quantitative estimate of drug-likeness (QED) is 0.563. The molecule has 0 radical (unpaired) electrons. The van der Waals surface area contributed by atoms with Crippen LogP contribution in [-0.4, -0.2) is 28.9 Å². The minimum atomic E-state index is 0.259. The van der Waals surface area contributed by atoms with Gasteiger partial charge in [0.25, 0.3) is 0 Å². The lowest BCUT2D eigenvalue weighted by Crippen LogP contribution is -2.32. The van der Waals surface area contributed by atoms with Gasteiger partial charge in [0.15, 0.2) is 0 Å². The van der Waals surface area contributed by atoms with E-state index in [0.29, 0.717) is 19.0 Å². The zero-order valence-corrected chi connectivity index (χ0v) is 16.4. The van der Waals surface area contributed by atoms with Crippen LogP contribution in [0.3, 0.4) is 0 Å². The van der Waals surface area contributed by atoms with E-state index in [-0.39, 0.29) is 5.91 Å². The maximum atomic E-state index is 12.8. The van der Waals surface area contributed by atoms with Crippen molar-refractivity contribution >= 4 is 27.5 Å². The molecule has 140 valence electrons. The van der Waals surface area contributed by atoms with Crippen molar-refractivity contribution in [2.24, 2.45) is 0 Å². The lowest BCUT2D eigenvalue weighted by Gasteiger charge is -2.22. The number of nitrogens with zero attached hydrogens (tertiary/aromatic N) is 2. The Labute approximate surface area is 163 Å². The van der Waals surface area contributed by atoms with Crippen molar-refractivity contribution < 1.29 is 9.53 Å². The van der Waals surface area contributed by atoms with Crippen LogP contribution in [0.4, 0.5) is 0 Å². The molecule has 5 heteroatoms. The van der Waals surface area contributed by atoms with E-state index >= 15 is 0 Å². The summed E-state index contributed by atoms with van der Waals surface area (Å²) in [4.78, 5) is 19.5. The summed E-state index contributed by atoms with van der Waals surface area (Å²) in [5.41, 5.74) is 2.21. The van der Waals surface area contributed by atoms with Crippen molar-refractivity contribution in [1.82, 2.24) is 9.88 Å². The molecule has 4 nitrogen and oxygen atoms in total. The van der Waals surface area contributed by atoms with E-state index in [0.717, 1.165) is 47.5 Å². The predicted molar refractivity (Wildman–Crippen MR) is 109 cm³/mol. The van der Waals surface area contributed by atoms with Crippen LogP contribution >= 0.6 is 11.3 Å². The van der Waals surface area contributed by atoms with Crippen LogP contribution in [0.5, 0.6) is 5.75 Å². The molecule has 0 saturated heterocycles. The summed E-state index contributed by atoms with van der Waals surface area (Å²) in [7, 11) is 1.67. The third-order valence-electron chi connectivity index (χ3n) is 4.94. The summed E-state index contributed by atoms with van der Waals surface area (Å²) < 4.78 is 6.43. The van der Waals surface area contributed by atoms with Crippen molar-refractivity contribution in [3.8, 4) is 5.75 Å². The van der Waals surface area contributed by atoms with Crippen molar-refractivity contribution in [2.45, 2.75) is 44.7 Å². The Balaban J connectivity index is 1.33. The van der Waals surface area contributed by atoms with Gasteiger partial charge in [-0.2, -0.15) is 0 Å². The molecule has 1 saturated carbocycles. The minimum absolute atomic E-state index is 0.259. The van der Waals surface area contributed by atoms with E-state index in [1.807, 2.05) is 42.5 Å². The molecule has 1 aromatic heterocycles. The zero-order chi connectivity index (χ0) is 18.6. The third-order valence-corrected chi connectivity index (χ3v) is 6.04. The highest BCUT2D eigenvalue weighted by molar-refractivity contribution is 7.18. The van der Waals surface area contributed by atoms with Gasteiger partial charge in [0, 0.05) is 19.0 Å². The van der Waals surface area contributed by atoms with Crippen molar-refractivity contribution in [1.29, 1.82) is 0 Å². The van der Waals surface area contributed by atoms with Gasteiger partial charge >= 0.3 is 0 Å². The van der Waals surface area contributed by atoms with Crippen molar-refractivity contribution in [3.63, 3.8) is 0 Å². The summed E-state index contributed by atoms with van der Waals surface area (Å²) >= 11 is 1.73. The van der Waals surface area contributed by atoms with Crippen LogP contribution in [0.2, 0.25) is 0 Å². The molecular weight excluding hydrogens is 356 g/mol. The fraction of sp³-hybridized carbons (Fsp3) is 0.364. The first-order chi connectivity index (χ1) is 13.2. The first kappa shape index (κ1) is 18.0. The Morgan fingerprint density at radius 3 is 2.67 bits per heavy atom. The minimum Gasteiger partial charge on any atom is -0.497 e. The third kappa shape index (κ3) is 4.48. The highest BCUT2D eigenvalue weighted by Crippen LogP contribution is 2.30. The second-order valence-corrected chi connectivity index (χ2v) is 8.14. The van der Waals surface area contributed by atoms with Crippen molar-refractivity contribution in [3.05, 3.63) is 59.1 Å². The summed E-state index contributed by atoms with van der Waals surface area (Å²) in [6.45, 7) is 0.689. The Kier molecular flexibility index (Phi) is 5.39. The van der Waals surface area contributed by atoms with Crippen LogP contribution in [-0.2, 0) is 17.8 Å². The molecular formula is C22H24N2O2S. The Morgan fingerprint density at radius 2 is 1.96 bits per heavy atom. The standard InChI is InChI=1S/C22H24N2O2S/c1-26-18-13-9-16(10-14-18)15-24(17-11-12-17)22(25)8-4-7-21-23-19-5-2-3-6-20(19)27-21/h2-3,5-6,9-10,13-14,17H,4,7-8,11-12,15H2,1H3. The monoisotopic (exact) mass is 380 g/mol. The average Bonchev–Trinajstić information content (AvgIpc) is 3.45. The highest BCUT2D eigenvalue weighted by atomic mass is 32.1. The average molecular weight is 381 g/mol. The zero-order valence-electron chi connectivity index (χ0n) is 15.6. The number of amides is 1. The molecule has 1 fully saturated rings. The number of hydrogen-bond donors (Lipinski definition) is 0. The van der Waals surface area contributed by atoms with Gasteiger partial charge in [-0.05, 0) is 55.5 Å². The molecule has 27 heavy (non-hydrogen) atoms. The van der Waals surface area contributed by atoms with Gasteiger partial charge in [0.05, 0.1) is 22.3 Å². The van der Waals surface area contributed by atoms with Gasteiger partial charge < -0.3 is 9.64 Å². The van der Waals surface area contributed by atoms with E-state index in [1.54, 1.807) is 18.4 Å². The molecule has 1 heterocycles. The van der Waals surface area contributed by atoms with Gasteiger partial charge in [-0.15, -0.1) is 11.3 Å². The van der Waals surface area contributed by atoms with Gasteiger partial charge in [-0.1, -0.05) is 24.3 Å². The maximum Gasteiger partial charge on any atom is 0.223 e. The number of thiazole rings is 1.